The molecule has 0 saturated heterocycles. The average molecular weight is 192 g/mol. The third kappa shape index (κ3) is 1.61. The van der Waals surface area contributed by atoms with Gasteiger partial charge in [0.1, 0.15) is 0 Å². The number of rotatable bonds is 1. The lowest BCUT2D eigenvalue weighted by Gasteiger charge is -1.88. The van der Waals surface area contributed by atoms with Crippen LogP contribution in [0.3, 0.4) is 0 Å². The summed E-state index contributed by atoms with van der Waals surface area (Å²) in [7, 11) is 0. The van der Waals surface area contributed by atoms with Crippen molar-refractivity contribution in [2.45, 2.75) is 6.92 Å². The molecule has 66 valence electrons. The maximum atomic E-state index is 5.87. The van der Waals surface area contributed by atoms with Crippen molar-refractivity contribution >= 4 is 28.6 Å². The van der Waals surface area contributed by atoms with E-state index >= 15 is 0 Å². The van der Waals surface area contributed by atoms with E-state index in [-0.39, 0.29) is 0 Å². The first-order valence-corrected chi connectivity index (χ1v) is 4.58. The first-order chi connectivity index (χ1) is 6.29. The number of hydrogen-bond donors (Lipinski definition) is 1. The molecule has 2 rings (SSSR count). The fourth-order valence-electron chi connectivity index (χ4n) is 1.40. The highest BCUT2D eigenvalue weighted by molar-refractivity contribution is 6.31. The molecule has 1 aromatic heterocycles. The summed E-state index contributed by atoms with van der Waals surface area (Å²) in [6, 6.07) is 7.92. The van der Waals surface area contributed by atoms with E-state index < -0.39 is 0 Å². The Kier molecular flexibility index (Phi) is 2.11. The summed E-state index contributed by atoms with van der Waals surface area (Å²) < 4.78 is 0. The monoisotopic (exact) mass is 191 g/mol. The van der Waals surface area contributed by atoms with Crippen molar-refractivity contribution in [3.63, 3.8) is 0 Å². The summed E-state index contributed by atoms with van der Waals surface area (Å²) >= 11 is 5.87. The van der Waals surface area contributed by atoms with Crippen LogP contribution in [0.25, 0.3) is 17.0 Å². The second kappa shape index (κ2) is 3.27. The van der Waals surface area contributed by atoms with E-state index in [1.54, 1.807) is 0 Å². The van der Waals surface area contributed by atoms with Crippen molar-refractivity contribution in [3.05, 3.63) is 41.1 Å². The molecule has 0 atom stereocenters. The van der Waals surface area contributed by atoms with Gasteiger partial charge in [0, 0.05) is 21.6 Å². The SMILES string of the molecule is CC=Cc1cc2cc(Cl)ccc2[nH]1. The molecule has 0 radical (unpaired) electrons. The Morgan fingerprint density at radius 3 is 2.92 bits per heavy atom. The van der Waals surface area contributed by atoms with E-state index in [0.717, 1.165) is 21.6 Å². The molecule has 1 N–H and O–H groups in total. The van der Waals surface area contributed by atoms with E-state index in [4.69, 9.17) is 11.6 Å². The fraction of sp³-hybridized carbons (Fsp3) is 0.0909. The Bertz CT molecular complexity index is 454. The lowest BCUT2D eigenvalue weighted by atomic mass is 10.2. The van der Waals surface area contributed by atoms with Crippen LogP contribution in [0, 0.1) is 0 Å². The molecule has 0 fully saturated rings. The van der Waals surface area contributed by atoms with Gasteiger partial charge in [-0.15, -0.1) is 0 Å². The van der Waals surface area contributed by atoms with E-state index in [1.165, 1.54) is 0 Å². The second-order valence-corrected chi connectivity index (χ2v) is 3.39. The summed E-state index contributed by atoms with van der Waals surface area (Å²) in [5, 5.41) is 1.93. The molecule has 0 bridgehead atoms. The second-order valence-electron chi connectivity index (χ2n) is 2.96. The molecule has 1 aromatic carbocycles. The summed E-state index contributed by atoms with van der Waals surface area (Å²) in [6.45, 7) is 2.00. The van der Waals surface area contributed by atoms with Crippen LogP contribution in [-0.2, 0) is 0 Å². The zero-order valence-electron chi connectivity index (χ0n) is 7.34. The zero-order valence-corrected chi connectivity index (χ0v) is 8.10. The molecule has 2 aromatic rings. The van der Waals surface area contributed by atoms with Gasteiger partial charge >= 0.3 is 0 Å². The van der Waals surface area contributed by atoms with Crippen molar-refractivity contribution in [1.82, 2.24) is 4.98 Å². The molecule has 0 amide bonds. The van der Waals surface area contributed by atoms with Crippen LogP contribution < -0.4 is 0 Å². The van der Waals surface area contributed by atoms with Gasteiger partial charge in [-0.2, -0.15) is 0 Å². The minimum atomic E-state index is 0.776. The number of benzene rings is 1. The molecular weight excluding hydrogens is 182 g/mol. The number of allylic oxidation sites excluding steroid dienone is 1. The molecule has 1 heterocycles. The average Bonchev–Trinajstić information content (AvgIpc) is 2.46. The minimum absolute atomic E-state index is 0.776. The third-order valence-electron chi connectivity index (χ3n) is 1.95. The lowest BCUT2D eigenvalue weighted by Crippen LogP contribution is -1.68. The standard InChI is InChI=1S/C11H10ClN/c1-2-3-10-7-8-6-9(12)4-5-11(8)13-10/h2-7,13H,1H3. The predicted octanol–water partition coefficient (Wildman–Crippen LogP) is 3.85. The number of aromatic nitrogens is 1. The van der Waals surface area contributed by atoms with Crippen LogP contribution in [0.5, 0.6) is 0 Å². The van der Waals surface area contributed by atoms with Gasteiger partial charge in [0.25, 0.3) is 0 Å². The van der Waals surface area contributed by atoms with Gasteiger partial charge < -0.3 is 4.98 Å². The van der Waals surface area contributed by atoms with Crippen molar-refractivity contribution in [2.75, 3.05) is 0 Å². The Hall–Kier alpha value is -1.21. The molecule has 13 heavy (non-hydrogen) atoms. The Morgan fingerprint density at radius 2 is 2.15 bits per heavy atom. The molecule has 0 saturated carbocycles. The summed E-state index contributed by atoms with van der Waals surface area (Å²) in [6.07, 6.45) is 4.04. The summed E-state index contributed by atoms with van der Waals surface area (Å²) in [5.74, 6) is 0. The van der Waals surface area contributed by atoms with Gasteiger partial charge in [0.05, 0.1) is 0 Å². The highest BCUT2D eigenvalue weighted by atomic mass is 35.5. The third-order valence-corrected chi connectivity index (χ3v) is 2.18. The molecule has 0 aliphatic rings. The number of hydrogen-bond acceptors (Lipinski definition) is 0. The Labute approximate surface area is 82.0 Å². The minimum Gasteiger partial charge on any atom is -0.355 e. The fourth-order valence-corrected chi connectivity index (χ4v) is 1.58. The molecule has 1 nitrogen and oxygen atoms in total. The molecule has 0 aliphatic carbocycles. The van der Waals surface area contributed by atoms with E-state index in [1.807, 2.05) is 37.3 Å². The smallest absolute Gasteiger partial charge is 0.0459 e. The number of aromatic amines is 1. The van der Waals surface area contributed by atoms with Crippen LogP contribution in [-0.4, -0.2) is 4.98 Å². The highest BCUT2D eigenvalue weighted by Gasteiger charge is 1.97. The lowest BCUT2D eigenvalue weighted by molar-refractivity contribution is 1.43. The van der Waals surface area contributed by atoms with Gasteiger partial charge in [-0.1, -0.05) is 17.7 Å². The number of nitrogens with one attached hydrogen (secondary N) is 1. The normalized spacial score (nSPS) is 11.5. The molecule has 0 unspecified atom stereocenters. The number of fused-ring (bicyclic) bond motifs is 1. The van der Waals surface area contributed by atoms with E-state index in [0.29, 0.717) is 0 Å². The van der Waals surface area contributed by atoms with Gasteiger partial charge in [-0.05, 0) is 37.3 Å². The highest BCUT2D eigenvalue weighted by Crippen LogP contribution is 2.20. The maximum Gasteiger partial charge on any atom is 0.0459 e. The number of H-pyrrole nitrogens is 1. The number of halogens is 1. The van der Waals surface area contributed by atoms with Crippen LogP contribution in [0.4, 0.5) is 0 Å². The first-order valence-electron chi connectivity index (χ1n) is 4.20. The van der Waals surface area contributed by atoms with Gasteiger partial charge in [-0.3, -0.25) is 0 Å². The van der Waals surface area contributed by atoms with Crippen molar-refractivity contribution < 1.29 is 0 Å². The quantitative estimate of drug-likeness (QED) is 0.705. The molecule has 0 aliphatic heterocycles. The molecular formula is C11H10ClN. The van der Waals surface area contributed by atoms with Gasteiger partial charge in [-0.25, -0.2) is 0 Å². The van der Waals surface area contributed by atoms with E-state index in [9.17, 15) is 0 Å². The van der Waals surface area contributed by atoms with Gasteiger partial charge in [0.2, 0.25) is 0 Å². The van der Waals surface area contributed by atoms with Crippen molar-refractivity contribution in [3.8, 4) is 0 Å². The molecule has 2 heteroatoms. The van der Waals surface area contributed by atoms with Crippen molar-refractivity contribution in [2.24, 2.45) is 0 Å². The Morgan fingerprint density at radius 1 is 1.31 bits per heavy atom. The van der Waals surface area contributed by atoms with Crippen LogP contribution >= 0.6 is 11.6 Å². The van der Waals surface area contributed by atoms with E-state index in [2.05, 4.69) is 11.1 Å². The maximum absolute atomic E-state index is 5.87. The summed E-state index contributed by atoms with van der Waals surface area (Å²) in [4.78, 5) is 3.28. The summed E-state index contributed by atoms with van der Waals surface area (Å²) in [5.41, 5.74) is 2.23. The van der Waals surface area contributed by atoms with Crippen LogP contribution in [0.15, 0.2) is 30.3 Å². The first kappa shape index (κ1) is 8.39. The van der Waals surface area contributed by atoms with Crippen molar-refractivity contribution in [1.29, 1.82) is 0 Å². The Balaban J connectivity index is 2.62. The van der Waals surface area contributed by atoms with Crippen LogP contribution in [0.1, 0.15) is 12.6 Å². The topological polar surface area (TPSA) is 15.8 Å². The van der Waals surface area contributed by atoms with Gasteiger partial charge in [0.15, 0.2) is 0 Å². The molecule has 0 spiro atoms. The predicted molar refractivity (Wildman–Crippen MR) is 58.0 cm³/mol. The zero-order chi connectivity index (χ0) is 9.26. The van der Waals surface area contributed by atoms with Crippen LogP contribution in [0.2, 0.25) is 5.02 Å². The largest absolute Gasteiger partial charge is 0.355 e.